The first kappa shape index (κ1) is 12.5. The van der Waals surface area contributed by atoms with E-state index in [1.165, 1.54) is 0 Å². The minimum atomic E-state index is -1.03. The summed E-state index contributed by atoms with van der Waals surface area (Å²) >= 11 is 0. The standard InChI is InChI=1S/C10H16N2O4/c1-2-3-7(10(15)16)12-9(14)6-4-8(13)11-5-6/h6-7H,2-5H2,1H3,(H,11,13)(H,12,14)(H,15,16). The molecular formula is C10H16N2O4. The summed E-state index contributed by atoms with van der Waals surface area (Å²) in [5, 5.41) is 13.8. The van der Waals surface area contributed by atoms with Gasteiger partial charge in [0.05, 0.1) is 5.92 Å². The van der Waals surface area contributed by atoms with E-state index in [9.17, 15) is 14.4 Å². The molecule has 1 saturated heterocycles. The second-order valence-electron chi connectivity index (χ2n) is 3.89. The Hall–Kier alpha value is -1.59. The van der Waals surface area contributed by atoms with E-state index in [1.807, 2.05) is 6.92 Å². The quantitative estimate of drug-likeness (QED) is 0.590. The van der Waals surface area contributed by atoms with Crippen molar-refractivity contribution in [3.8, 4) is 0 Å². The van der Waals surface area contributed by atoms with Gasteiger partial charge >= 0.3 is 5.97 Å². The van der Waals surface area contributed by atoms with Crippen LogP contribution in [0.4, 0.5) is 0 Å². The lowest BCUT2D eigenvalue weighted by Gasteiger charge is -2.15. The van der Waals surface area contributed by atoms with Crippen LogP contribution in [0.1, 0.15) is 26.2 Å². The first-order valence-electron chi connectivity index (χ1n) is 5.34. The van der Waals surface area contributed by atoms with Gasteiger partial charge in [0.2, 0.25) is 11.8 Å². The average Bonchev–Trinajstić information content (AvgIpc) is 2.64. The predicted molar refractivity (Wildman–Crippen MR) is 55.6 cm³/mol. The number of hydrogen-bond acceptors (Lipinski definition) is 3. The molecule has 0 radical (unpaired) electrons. The van der Waals surface area contributed by atoms with Crippen molar-refractivity contribution in [1.82, 2.24) is 10.6 Å². The van der Waals surface area contributed by atoms with Gasteiger partial charge in [-0.25, -0.2) is 4.79 Å². The highest BCUT2D eigenvalue weighted by Crippen LogP contribution is 2.09. The molecule has 1 rings (SSSR count). The lowest BCUT2D eigenvalue weighted by Crippen LogP contribution is -2.44. The Bertz CT molecular complexity index is 303. The Morgan fingerprint density at radius 3 is 2.75 bits per heavy atom. The maximum atomic E-state index is 11.6. The summed E-state index contributed by atoms with van der Waals surface area (Å²) < 4.78 is 0. The lowest BCUT2D eigenvalue weighted by molar-refractivity contribution is -0.142. The number of carboxylic acids is 1. The topological polar surface area (TPSA) is 95.5 Å². The van der Waals surface area contributed by atoms with Crippen LogP contribution in [0.15, 0.2) is 0 Å². The Balaban J connectivity index is 2.48. The van der Waals surface area contributed by atoms with Gasteiger partial charge in [0.15, 0.2) is 0 Å². The van der Waals surface area contributed by atoms with Crippen molar-refractivity contribution < 1.29 is 19.5 Å². The Kier molecular flexibility index (Phi) is 4.28. The molecule has 0 aromatic heterocycles. The van der Waals surface area contributed by atoms with Crippen molar-refractivity contribution in [3.63, 3.8) is 0 Å². The summed E-state index contributed by atoms with van der Waals surface area (Å²) in [4.78, 5) is 33.3. The van der Waals surface area contributed by atoms with Crippen LogP contribution < -0.4 is 10.6 Å². The fourth-order valence-electron chi connectivity index (χ4n) is 1.63. The summed E-state index contributed by atoms with van der Waals surface area (Å²) in [6.07, 6.45) is 1.22. The molecule has 90 valence electrons. The van der Waals surface area contributed by atoms with Crippen molar-refractivity contribution >= 4 is 17.8 Å². The summed E-state index contributed by atoms with van der Waals surface area (Å²) in [5.41, 5.74) is 0. The van der Waals surface area contributed by atoms with Crippen LogP contribution in [0.25, 0.3) is 0 Å². The fourth-order valence-corrected chi connectivity index (χ4v) is 1.63. The molecule has 3 N–H and O–H groups in total. The van der Waals surface area contributed by atoms with Crippen LogP contribution in [0.5, 0.6) is 0 Å². The number of carbonyl (C=O) groups excluding carboxylic acids is 2. The summed E-state index contributed by atoms with van der Waals surface area (Å²) in [6.45, 7) is 2.14. The zero-order valence-electron chi connectivity index (χ0n) is 9.16. The van der Waals surface area contributed by atoms with Crippen molar-refractivity contribution in [2.75, 3.05) is 6.54 Å². The number of aliphatic carboxylic acids is 1. The van der Waals surface area contributed by atoms with E-state index >= 15 is 0 Å². The van der Waals surface area contributed by atoms with Gasteiger partial charge in [-0.2, -0.15) is 0 Å². The zero-order chi connectivity index (χ0) is 12.1. The fraction of sp³-hybridized carbons (Fsp3) is 0.700. The molecule has 0 aromatic carbocycles. The molecule has 16 heavy (non-hydrogen) atoms. The van der Waals surface area contributed by atoms with Gasteiger partial charge in [0.25, 0.3) is 0 Å². The monoisotopic (exact) mass is 228 g/mol. The summed E-state index contributed by atoms with van der Waals surface area (Å²) in [7, 11) is 0. The second kappa shape index (κ2) is 5.48. The molecule has 1 fully saturated rings. The van der Waals surface area contributed by atoms with Gasteiger partial charge in [-0.1, -0.05) is 13.3 Å². The number of hydrogen-bond donors (Lipinski definition) is 3. The van der Waals surface area contributed by atoms with Crippen molar-refractivity contribution in [3.05, 3.63) is 0 Å². The highest BCUT2D eigenvalue weighted by Gasteiger charge is 2.30. The third-order valence-electron chi connectivity index (χ3n) is 2.54. The number of rotatable bonds is 5. The number of carbonyl (C=O) groups is 3. The van der Waals surface area contributed by atoms with E-state index in [4.69, 9.17) is 5.11 Å². The van der Waals surface area contributed by atoms with Crippen LogP contribution in [0.2, 0.25) is 0 Å². The molecule has 6 heteroatoms. The Labute approximate surface area is 93.4 Å². The third-order valence-corrected chi connectivity index (χ3v) is 2.54. The molecule has 1 heterocycles. The zero-order valence-corrected chi connectivity index (χ0v) is 9.16. The summed E-state index contributed by atoms with van der Waals surface area (Å²) in [5.74, 6) is -2.00. The van der Waals surface area contributed by atoms with Crippen LogP contribution in [-0.2, 0) is 14.4 Å². The molecule has 1 aliphatic rings. The van der Waals surface area contributed by atoms with Crippen LogP contribution >= 0.6 is 0 Å². The van der Waals surface area contributed by atoms with E-state index in [2.05, 4.69) is 10.6 Å². The van der Waals surface area contributed by atoms with Crippen molar-refractivity contribution in [2.45, 2.75) is 32.2 Å². The van der Waals surface area contributed by atoms with Crippen molar-refractivity contribution in [1.29, 1.82) is 0 Å². The number of nitrogens with one attached hydrogen (secondary N) is 2. The van der Waals surface area contributed by atoms with Gasteiger partial charge in [0, 0.05) is 13.0 Å². The smallest absolute Gasteiger partial charge is 0.326 e. The van der Waals surface area contributed by atoms with Gasteiger partial charge in [0.1, 0.15) is 6.04 Å². The first-order valence-corrected chi connectivity index (χ1v) is 5.34. The van der Waals surface area contributed by atoms with Crippen molar-refractivity contribution in [2.24, 2.45) is 5.92 Å². The average molecular weight is 228 g/mol. The van der Waals surface area contributed by atoms with E-state index in [0.717, 1.165) is 0 Å². The van der Waals surface area contributed by atoms with E-state index < -0.39 is 17.9 Å². The third kappa shape index (κ3) is 3.22. The molecule has 6 nitrogen and oxygen atoms in total. The molecular weight excluding hydrogens is 212 g/mol. The number of amides is 2. The summed E-state index contributed by atoms with van der Waals surface area (Å²) in [6, 6.07) is -0.854. The maximum absolute atomic E-state index is 11.6. The Morgan fingerprint density at radius 2 is 2.31 bits per heavy atom. The molecule has 0 saturated carbocycles. The second-order valence-corrected chi connectivity index (χ2v) is 3.89. The largest absolute Gasteiger partial charge is 0.480 e. The molecule has 2 atom stereocenters. The Morgan fingerprint density at radius 1 is 1.62 bits per heavy atom. The van der Waals surface area contributed by atoms with Gasteiger partial charge in [-0.3, -0.25) is 9.59 Å². The SMILES string of the molecule is CCCC(NC(=O)C1CNC(=O)C1)C(=O)O. The number of carboxylic acid groups (broad SMARTS) is 1. The van der Waals surface area contributed by atoms with Crippen LogP contribution in [0, 0.1) is 5.92 Å². The molecule has 0 aliphatic carbocycles. The highest BCUT2D eigenvalue weighted by molar-refractivity contribution is 5.91. The maximum Gasteiger partial charge on any atom is 0.326 e. The predicted octanol–water partition coefficient (Wildman–Crippen LogP) is -0.508. The first-order chi connectivity index (χ1) is 7.54. The molecule has 0 spiro atoms. The molecule has 1 aliphatic heterocycles. The van der Waals surface area contributed by atoms with Crippen LogP contribution in [0.3, 0.4) is 0 Å². The minimum absolute atomic E-state index is 0.143. The highest BCUT2D eigenvalue weighted by atomic mass is 16.4. The van der Waals surface area contributed by atoms with E-state index in [-0.39, 0.29) is 18.2 Å². The lowest BCUT2D eigenvalue weighted by atomic mass is 10.1. The van der Waals surface area contributed by atoms with E-state index in [1.54, 1.807) is 0 Å². The van der Waals surface area contributed by atoms with E-state index in [0.29, 0.717) is 19.4 Å². The molecule has 0 bridgehead atoms. The molecule has 0 aromatic rings. The molecule has 2 unspecified atom stereocenters. The molecule has 2 amide bonds. The van der Waals surface area contributed by atoms with Gasteiger partial charge < -0.3 is 15.7 Å². The minimum Gasteiger partial charge on any atom is -0.480 e. The van der Waals surface area contributed by atoms with Gasteiger partial charge in [-0.05, 0) is 6.42 Å². The van der Waals surface area contributed by atoms with Gasteiger partial charge in [-0.15, -0.1) is 0 Å². The van der Waals surface area contributed by atoms with Crippen LogP contribution in [-0.4, -0.2) is 35.5 Å². The normalized spacial score (nSPS) is 21.3.